The van der Waals surface area contributed by atoms with Gasteiger partial charge >= 0.3 is 6.18 Å². The zero-order valence-corrected chi connectivity index (χ0v) is 10.8. The molecule has 0 amide bonds. The molecule has 102 valence electrons. The van der Waals surface area contributed by atoms with Gasteiger partial charge in [-0.2, -0.15) is 13.2 Å². The summed E-state index contributed by atoms with van der Waals surface area (Å²) < 4.78 is 37.1. The van der Waals surface area contributed by atoms with Crippen LogP contribution in [-0.2, 0) is 12.6 Å². The molecule has 1 unspecified atom stereocenters. The highest BCUT2D eigenvalue weighted by Gasteiger charge is 2.29. The summed E-state index contributed by atoms with van der Waals surface area (Å²) in [4.78, 5) is 0. The van der Waals surface area contributed by atoms with Crippen LogP contribution in [-0.4, -0.2) is 13.1 Å². The van der Waals surface area contributed by atoms with Gasteiger partial charge in [0.1, 0.15) is 0 Å². The quantitative estimate of drug-likeness (QED) is 0.817. The largest absolute Gasteiger partial charge is 0.416 e. The molecular formula is C14H20F3N. The molecule has 1 aromatic carbocycles. The van der Waals surface area contributed by atoms with E-state index >= 15 is 0 Å². The lowest BCUT2D eigenvalue weighted by atomic mass is 10.00. The molecule has 4 heteroatoms. The van der Waals surface area contributed by atoms with Gasteiger partial charge in [0.2, 0.25) is 0 Å². The van der Waals surface area contributed by atoms with E-state index in [1.165, 1.54) is 0 Å². The molecule has 1 aromatic rings. The van der Waals surface area contributed by atoms with Gasteiger partial charge in [-0.3, -0.25) is 0 Å². The summed E-state index contributed by atoms with van der Waals surface area (Å²) in [6.45, 7) is 6.11. The first-order chi connectivity index (χ1) is 8.43. The second kappa shape index (κ2) is 6.78. The Morgan fingerprint density at radius 2 is 1.78 bits per heavy atom. The highest BCUT2D eigenvalue weighted by molar-refractivity contribution is 5.24. The van der Waals surface area contributed by atoms with E-state index < -0.39 is 11.7 Å². The van der Waals surface area contributed by atoms with E-state index in [0.717, 1.165) is 43.6 Å². The average molecular weight is 259 g/mol. The van der Waals surface area contributed by atoms with E-state index in [-0.39, 0.29) is 0 Å². The van der Waals surface area contributed by atoms with Crippen LogP contribution in [0.4, 0.5) is 13.2 Å². The fourth-order valence-corrected chi connectivity index (χ4v) is 1.77. The normalized spacial score (nSPS) is 13.6. The highest BCUT2D eigenvalue weighted by Crippen LogP contribution is 2.29. The fourth-order valence-electron chi connectivity index (χ4n) is 1.77. The van der Waals surface area contributed by atoms with Crippen molar-refractivity contribution in [3.05, 3.63) is 35.4 Å². The fraction of sp³-hybridized carbons (Fsp3) is 0.571. The number of hydrogen-bond donors (Lipinski definition) is 1. The second-order valence-electron chi connectivity index (χ2n) is 4.65. The van der Waals surface area contributed by atoms with Gasteiger partial charge < -0.3 is 5.32 Å². The molecule has 0 fully saturated rings. The minimum Gasteiger partial charge on any atom is -0.317 e. The van der Waals surface area contributed by atoms with Crippen molar-refractivity contribution in [2.75, 3.05) is 13.1 Å². The van der Waals surface area contributed by atoms with Crippen molar-refractivity contribution in [2.45, 2.75) is 32.9 Å². The van der Waals surface area contributed by atoms with Crippen LogP contribution in [0.2, 0.25) is 0 Å². The van der Waals surface area contributed by atoms with E-state index in [0.29, 0.717) is 5.92 Å². The van der Waals surface area contributed by atoms with Crippen LogP contribution in [0.25, 0.3) is 0 Å². The number of benzene rings is 1. The topological polar surface area (TPSA) is 12.0 Å². The van der Waals surface area contributed by atoms with Crippen molar-refractivity contribution >= 4 is 0 Å². The van der Waals surface area contributed by atoms with Gasteiger partial charge in [0.25, 0.3) is 0 Å². The molecule has 0 aliphatic carbocycles. The van der Waals surface area contributed by atoms with E-state index in [9.17, 15) is 13.2 Å². The van der Waals surface area contributed by atoms with Crippen molar-refractivity contribution in [2.24, 2.45) is 5.92 Å². The van der Waals surface area contributed by atoms with Gasteiger partial charge in [0, 0.05) is 0 Å². The zero-order chi connectivity index (χ0) is 13.6. The summed E-state index contributed by atoms with van der Waals surface area (Å²) in [6.07, 6.45) is -2.43. The lowest BCUT2D eigenvalue weighted by Crippen LogP contribution is -2.20. The second-order valence-corrected chi connectivity index (χ2v) is 4.65. The third kappa shape index (κ3) is 5.08. The maximum Gasteiger partial charge on any atom is 0.416 e. The molecule has 1 rings (SSSR count). The molecule has 0 spiro atoms. The van der Waals surface area contributed by atoms with Gasteiger partial charge in [0.05, 0.1) is 5.56 Å². The van der Waals surface area contributed by atoms with Crippen LogP contribution in [0.15, 0.2) is 24.3 Å². The van der Waals surface area contributed by atoms with Crippen molar-refractivity contribution in [1.29, 1.82) is 0 Å². The summed E-state index contributed by atoms with van der Waals surface area (Å²) in [7, 11) is 0. The molecule has 0 aliphatic heterocycles. The Morgan fingerprint density at radius 3 is 2.28 bits per heavy atom. The first-order valence-corrected chi connectivity index (χ1v) is 6.30. The average Bonchev–Trinajstić information content (AvgIpc) is 2.33. The number of rotatable bonds is 6. The van der Waals surface area contributed by atoms with Gasteiger partial charge in [0.15, 0.2) is 0 Å². The Balaban J connectivity index is 2.44. The smallest absolute Gasteiger partial charge is 0.317 e. The molecule has 0 aliphatic rings. The van der Waals surface area contributed by atoms with Crippen LogP contribution in [0.3, 0.4) is 0 Å². The zero-order valence-electron chi connectivity index (χ0n) is 10.8. The summed E-state index contributed by atoms with van der Waals surface area (Å²) in [5.74, 6) is 0.534. The molecule has 1 nitrogen and oxygen atoms in total. The van der Waals surface area contributed by atoms with Gasteiger partial charge in [-0.1, -0.05) is 26.0 Å². The first kappa shape index (κ1) is 15.0. The molecule has 0 saturated carbocycles. The molecule has 0 radical (unpaired) electrons. The standard InChI is InChI=1S/C14H20F3N/c1-3-18-10-11(2)4-5-12-6-8-13(9-7-12)14(15,16)17/h6-9,11,18H,3-5,10H2,1-2H3. The van der Waals surface area contributed by atoms with E-state index in [1.54, 1.807) is 12.1 Å². The number of nitrogens with one attached hydrogen (secondary N) is 1. The van der Waals surface area contributed by atoms with Crippen LogP contribution in [0, 0.1) is 5.92 Å². The van der Waals surface area contributed by atoms with Crippen LogP contribution >= 0.6 is 0 Å². The first-order valence-electron chi connectivity index (χ1n) is 6.30. The Bertz CT molecular complexity index is 343. The third-order valence-corrected chi connectivity index (χ3v) is 2.95. The number of aryl methyl sites for hydroxylation is 1. The maximum absolute atomic E-state index is 12.4. The highest BCUT2D eigenvalue weighted by atomic mass is 19.4. The Hall–Kier alpha value is -1.03. The number of halogens is 3. The summed E-state index contributed by atoms with van der Waals surface area (Å²) in [6, 6.07) is 5.46. The van der Waals surface area contributed by atoms with Crippen molar-refractivity contribution in [3.63, 3.8) is 0 Å². The molecule has 0 aromatic heterocycles. The third-order valence-electron chi connectivity index (χ3n) is 2.95. The summed E-state index contributed by atoms with van der Waals surface area (Å²) in [5.41, 5.74) is 0.387. The summed E-state index contributed by atoms with van der Waals surface area (Å²) >= 11 is 0. The van der Waals surface area contributed by atoms with E-state index in [1.807, 2.05) is 0 Å². The SMILES string of the molecule is CCNCC(C)CCc1ccc(C(F)(F)F)cc1. The molecule has 18 heavy (non-hydrogen) atoms. The van der Waals surface area contributed by atoms with E-state index in [2.05, 4.69) is 19.2 Å². The Kier molecular flexibility index (Phi) is 5.66. The van der Waals surface area contributed by atoms with Crippen LogP contribution in [0.5, 0.6) is 0 Å². The monoisotopic (exact) mass is 259 g/mol. The molecule has 1 N–H and O–H groups in total. The Labute approximate surface area is 106 Å². The maximum atomic E-state index is 12.4. The molecular weight excluding hydrogens is 239 g/mol. The lowest BCUT2D eigenvalue weighted by molar-refractivity contribution is -0.137. The molecule has 1 atom stereocenters. The number of hydrogen-bond acceptors (Lipinski definition) is 1. The van der Waals surface area contributed by atoms with Crippen molar-refractivity contribution in [1.82, 2.24) is 5.32 Å². The molecule has 0 saturated heterocycles. The predicted molar refractivity (Wildman–Crippen MR) is 67.5 cm³/mol. The number of alkyl halides is 3. The predicted octanol–water partition coefficient (Wildman–Crippen LogP) is 3.88. The minimum atomic E-state index is -4.24. The molecule has 0 heterocycles. The van der Waals surface area contributed by atoms with Crippen LogP contribution < -0.4 is 5.32 Å². The lowest BCUT2D eigenvalue weighted by Gasteiger charge is -2.12. The van der Waals surface area contributed by atoms with Gasteiger partial charge in [-0.25, -0.2) is 0 Å². The molecule has 0 bridgehead atoms. The van der Waals surface area contributed by atoms with Crippen molar-refractivity contribution < 1.29 is 13.2 Å². The summed E-state index contributed by atoms with van der Waals surface area (Å²) in [5, 5.41) is 3.26. The van der Waals surface area contributed by atoms with Gasteiger partial charge in [-0.15, -0.1) is 0 Å². The van der Waals surface area contributed by atoms with Crippen molar-refractivity contribution in [3.8, 4) is 0 Å². The minimum absolute atomic E-state index is 0.534. The van der Waals surface area contributed by atoms with E-state index in [4.69, 9.17) is 0 Å². The van der Waals surface area contributed by atoms with Crippen LogP contribution in [0.1, 0.15) is 31.4 Å². The van der Waals surface area contributed by atoms with Gasteiger partial charge in [-0.05, 0) is 49.5 Å². The Morgan fingerprint density at radius 1 is 1.17 bits per heavy atom.